The molecule has 1 aromatic heterocycles. The van der Waals surface area contributed by atoms with Gasteiger partial charge in [0.1, 0.15) is 0 Å². The highest BCUT2D eigenvalue weighted by molar-refractivity contribution is 7.12. The molecular weight excluding hydrogens is 212 g/mol. The van der Waals surface area contributed by atoms with Crippen molar-refractivity contribution in [1.29, 1.82) is 0 Å². The third kappa shape index (κ3) is 1.89. The molecule has 0 aromatic carbocycles. The highest BCUT2D eigenvalue weighted by Crippen LogP contribution is 2.40. The fraction of sp³-hybridized carbons (Fsp3) is 0.467. The highest BCUT2D eigenvalue weighted by atomic mass is 32.1. The highest BCUT2D eigenvalue weighted by Gasteiger charge is 2.24. The topological polar surface area (TPSA) is 0 Å². The van der Waals surface area contributed by atoms with Crippen LogP contribution < -0.4 is 0 Å². The number of aryl methyl sites for hydroxylation is 1. The molecule has 1 aliphatic carbocycles. The Balaban J connectivity index is 2.39. The molecule has 86 valence electrons. The lowest BCUT2D eigenvalue weighted by Crippen LogP contribution is -2.13. The first-order valence-corrected chi connectivity index (χ1v) is 6.74. The van der Waals surface area contributed by atoms with E-state index >= 15 is 0 Å². The molecule has 2 rings (SSSR count). The average molecular weight is 232 g/mol. The summed E-state index contributed by atoms with van der Waals surface area (Å²) in [5, 5.41) is 0. The normalized spacial score (nSPS) is 19.3. The van der Waals surface area contributed by atoms with Crippen LogP contribution in [0.4, 0.5) is 0 Å². The van der Waals surface area contributed by atoms with Gasteiger partial charge in [-0.3, -0.25) is 0 Å². The Morgan fingerprint density at radius 3 is 2.56 bits per heavy atom. The van der Waals surface area contributed by atoms with Crippen LogP contribution in [0, 0.1) is 12.8 Å². The van der Waals surface area contributed by atoms with Gasteiger partial charge in [0, 0.05) is 9.75 Å². The van der Waals surface area contributed by atoms with Crippen LogP contribution in [0.15, 0.2) is 18.7 Å². The largest absolute Gasteiger partial charge is 0.145 e. The van der Waals surface area contributed by atoms with E-state index in [4.69, 9.17) is 0 Å². The lowest BCUT2D eigenvalue weighted by atomic mass is 9.82. The van der Waals surface area contributed by atoms with Crippen molar-refractivity contribution >= 4 is 16.9 Å². The smallest absolute Gasteiger partial charge is 0.00948 e. The zero-order valence-corrected chi connectivity index (χ0v) is 11.3. The zero-order valence-electron chi connectivity index (χ0n) is 10.5. The molecule has 0 amide bonds. The summed E-state index contributed by atoms with van der Waals surface area (Å²) >= 11 is 1.96. The van der Waals surface area contributed by atoms with Crippen LogP contribution >= 0.6 is 11.3 Å². The second-order valence-corrected chi connectivity index (χ2v) is 6.31. The van der Waals surface area contributed by atoms with Crippen molar-refractivity contribution in [2.45, 2.75) is 40.0 Å². The standard InChI is InChI=1S/C15H20S/c1-9(2)12-6-7-13-14(8-12)16-11(5)15(13)10(3)4/h12H,1,3,6-8H2,2,4-5H3. The van der Waals surface area contributed by atoms with Crippen molar-refractivity contribution in [2.75, 3.05) is 0 Å². The predicted molar refractivity (Wildman–Crippen MR) is 74.1 cm³/mol. The van der Waals surface area contributed by atoms with Crippen LogP contribution in [-0.2, 0) is 12.8 Å². The van der Waals surface area contributed by atoms with Crippen molar-refractivity contribution < 1.29 is 0 Å². The second kappa shape index (κ2) is 4.21. The molecule has 0 fully saturated rings. The van der Waals surface area contributed by atoms with Gasteiger partial charge in [-0.05, 0) is 62.7 Å². The van der Waals surface area contributed by atoms with Crippen LogP contribution in [0.5, 0.6) is 0 Å². The molecule has 1 heterocycles. The van der Waals surface area contributed by atoms with Gasteiger partial charge in [0.25, 0.3) is 0 Å². The summed E-state index contributed by atoms with van der Waals surface area (Å²) in [5.74, 6) is 0.698. The minimum absolute atomic E-state index is 0.698. The minimum Gasteiger partial charge on any atom is -0.145 e. The number of fused-ring (bicyclic) bond motifs is 1. The minimum atomic E-state index is 0.698. The van der Waals surface area contributed by atoms with Crippen LogP contribution in [0.1, 0.15) is 41.1 Å². The van der Waals surface area contributed by atoms with Crippen molar-refractivity contribution in [3.63, 3.8) is 0 Å². The molecule has 1 atom stereocenters. The summed E-state index contributed by atoms with van der Waals surface area (Å²) in [5.41, 5.74) is 5.59. The Bertz CT molecular complexity index is 448. The van der Waals surface area contributed by atoms with Gasteiger partial charge in [-0.25, -0.2) is 0 Å². The molecule has 1 unspecified atom stereocenters. The summed E-state index contributed by atoms with van der Waals surface area (Å²) in [6.45, 7) is 14.7. The van der Waals surface area contributed by atoms with Crippen LogP contribution in [-0.4, -0.2) is 0 Å². The number of hydrogen-bond acceptors (Lipinski definition) is 1. The van der Waals surface area contributed by atoms with Gasteiger partial charge >= 0.3 is 0 Å². The predicted octanol–water partition coefficient (Wildman–Crippen LogP) is 4.77. The first-order chi connectivity index (χ1) is 7.50. The summed E-state index contributed by atoms with van der Waals surface area (Å²) in [4.78, 5) is 3.02. The zero-order chi connectivity index (χ0) is 11.9. The van der Waals surface area contributed by atoms with E-state index in [-0.39, 0.29) is 0 Å². The first kappa shape index (κ1) is 11.7. The lowest BCUT2D eigenvalue weighted by Gasteiger charge is -2.23. The second-order valence-electron chi connectivity index (χ2n) is 5.00. The number of rotatable bonds is 2. The number of hydrogen-bond donors (Lipinski definition) is 0. The van der Waals surface area contributed by atoms with Gasteiger partial charge in [0.15, 0.2) is 0 Å². The van der Waals surface area contributed by atoms with Crippen molar-refractivity contribution in [2.24, 2.45) is 5.92 Å². The maximum absolute atomic E-state index is 4.11. The van der Waals surface area contributed by atoms with E-state index in [1.807, 2.05) is 11.3 Å². The Labute approximate surface area is 103 Å². The van der Waals surface area contributed by atoms with E-state index in [9.17, 15) is 0 Å². The molecule has 0 saturated heterocycles. The van der Waals surface area contributed by atoms with E-state index in [2.05, 4.69) is 33.9 Å². The summed E-state index contributed by atoms with van der Waals surface area (Å²) < 4.78 is 0. The monoisotopic (exact) mass is 232 g/mol. The molecule has 0 radical (unpaired) electrons. The van der Waals surface area contributed by atoms with Gasteiger partial charge in [0.05, 0.1) is 0 Å². The molecule has 0 bridgehead atoms. The Morgan fingerprint density at radius 1 is 1.31 bits per heavy atom. The van der Waals surface area contributed by atoms with Crippen LogP contribution in [0.3, 0.4) is 0 Å². The fourth-order valence-electron chi connectivity index (χ4n) is 2.70. The third-order valence-corrected chi connectivity index (χ3v) is 4.73. The summed E-state index contributed by atoms with van der Waals surface area (Å²) in [6.07, 6.45) is 3.67. The average Bonchev–Trinajstić information content (AvgIpc) is 2.51. The maximum Gasteiger partial charge on any atom is 0.00948 e. The van der Waals surface area contributed by atoms with E-state index in [1.165, 1.54) is 40.8 Å². The summed E-state index contributed by atoms with van der Waals surface area (Å²) in [7, 11) is 0. The molecule has 1 aliphatic rings. The molecule has 0 aliphatic heterocycles. The van der Waals surface area contributed by atoms with E-state index in [1.54, 1.807) is 10.4 Å². The number of allylic oxidation sites excluding steroid dienone is 2. The molecule has 16 heavy (non-hydrogen) atoms. The molecule has 0 saturated carbocycles. The fourth-order valence-corrected chi connectivity index (χ4v) is 4.08. The van der Waals surface area contributed by atoms with Gasteiger partial charge in [-0.1, -0.05) is 18.7 Å². The van der Waals surface area contributed by atoms with Crippen molar-refractivity contribution in [3.8, 4) is 0 Å². The van der Waals surface area contributed by atoms with Crippen molar-refractivity contribution in [1.82, 2.24) is 0 Å². The molecule has 0 N–H and O–H groups in total. The van der Waals surface area contributed by atoms with Crippen LogP contribution in [0.25, 0.3) is 5.57 Å². The van der Waals surface area contributed by atoms with E-state index in [0.717, 1.165) is 0 Å². The lowest BCUT2D eigenvalue weighted by molar-refractivity contribution is 0.533. The molecule has 1 aromatic rings. The first-order valence-electron chi connectivity index (χ1n) is 5.93. The van der Waals surface area contributed by atoms with Gasteiger partial charge in [0.2, 0.25) is 0 Å². The molecule has 0 nitrogen and oxygen atoms in total. The number of thiophene rings is 1. The van der Waals surface area contributed by atoms with Crippen molar-refractivity contribution in [3.05, 3.63) is 39.6 Å². The summed E-state index contributed by atoms with van der Waals surface area (Å²) in [6, 6.07) is 0. The quantitative estimate of drug-likeness (QED) is 0.644. The van der Waals surface area contributed by atoms with Crippen LogP contribution in [0.2, 0.25) is 0 Å². The van der Waals surface area contributed by atoms with E-state index in [0.29, 0.717) is 5.92 Å². The molecule has 1 heteroatoms. The Hall–Kier alpha value is -0.820. The van der Waals surface area contributed by atoms with Gasteiger partial charge in [-0.15, -0.1) is 11.3 Å². The molecule has 0 spiro atoms. The third-order valence-electron chi connectivity index (χ3n) is 3.57. The Morgan fingerprint density at radius 2 is 2.00 bits per heavy atom. The SMILES string of the molecule is C=C(C)c1c(C)sc2c1CCC(C(=C)C)C2. The van der Waals surface area contributed by atoms with Gasteiger partial charge < -0.3 is 0 Å². The Kier molecular flexibility index (Phi) is 3.07. The van der Waals surface area contributed by atoms with Gasteiger partial charge in [-0.2, -0.15) is 0 Å². The molecular formula is C15H20S. The van der Waals surface area contributed by atoms with E-state index < -0.39 is 0 Å². The maximum atomic E-state index is 4.11.